The number of rotatable bonds is 0. The molecule has 0 fully saturated rings. The largest absolute Gasteiger partial charge is 0.397 e. The zero-order valence-corrected chi connectivity index (χ0v) is 8.50. The van der Waals surface area contributed by atoms with Gasteiger partial charge in [0.15, 0.2) is 0 Å². The second-order valence-electron chi connectivity index (χ2n) is 1.39. The van der Waals surface area contributed by atoms with Gasteiger partial charge >= 0.3 is 0 Å². The fourth-order valence-electron chi connectivity index (χ4n) is 0.342. The molecule has 0 unspecified atom stereocenters. The molecule has 1 aromatic rings. The molecule has 0 aliphatic rings. The summed E-state index contributed by atoms with van der Waals surface area (Å²) in [5.41, 5.74) is 0. The quantitative estimate of drug-likeness (QED) is 0.649. The number of aliphatic hydroxyl groups is 1. The minimum Gasteiger partial charge on any atom is -0.397 e. The van der Waals surface area contributed by atoms with Crippen LogP contribution in [0.25, 0.3) is 0 Å². The Hall–Kier alpha value is 0.0631. The summed E-state index contributed by atoms with van der Waals surface area (Å²) in [6.45, 7) is 1.93. The fraction of sp³-hybridized carbons (Fsp3) is 0.250. The van der Waals surface area contributed by atoms with Gasteiger partial charge in [-0.1, -0.05) is 0 Å². The van der Waals surface area contributed by atoms with E-state index < -0.39 is 0 Å². The van der Waals surface area contributed by atoms with Crippen LogP contribution in [-0.2, 0) is 26.2 Å². The Morgan fingerprint density at radius 2 is 1.60 bits per heavy atom. The van der Waals surface area contributed by atoms with Gasteiger partial charge in [-0.25, -0.2) is 0 Å². The molecule has 0 radical (unpaired) electrons. The van der Waals surface area contributed by atoms with Crippen LogP contribution in [0.4, 0.5) is 0 Å². The summed E-state index contributed by atoms with van der Waals surface area (Å²) in [7, 11) is 0. The third kappa shape index (κ3) is 10.9. The molecule has 0 aliphatic heterocycles. The first kappa shape index (κ1) is 12.7. The standard InChI is InChI=1S/C6H5.C2H6O.Zr/c1-2-4-6-5-3-1;1-2-3;/h1-5H;3H,2H2,1H3;/q-1;;. The topological polar surface area (TPSA) is 20.2 Å². The molecule has 0 atom stereocenters. The zero-order chi connectivity index (χ0) is 6.95. The molecule has 0 bridgehead atoms. The third-order valence-electron chi connectivity index (χ3n) is 0.607. The van der Waals surface area contributed by atoms with Crippen molar-refractivity contribution in [3.63, 3.8) is 0 Å². The Morgan fingerprint density at radius 1 is 1.20 bits per heavy atom. The second-order valence-corrected chi connectivity index (χ2v) is 1.39. The SMILES string of the molecule is CCO.[Zr].[c-]1ccccc1. The van der Waals surface area contributed by atoms with Gasteiger partial charge in [-0.15, -0.1) is 0 Å². The van der Waals surface area contributed by atoms with E-state index in [1.54, 1.807) is 6.92 Å². The normalized spacial score (nSPS) is 6.60. The minimum absolute atomic E-state index is 0. The van der Waals surface area contributed by atoms with E-state index in [1.807, 2.05) is 30.3 Å². The average Bonchev–Trinajstić information content (AvgIpc) is 1.93. The van der Waals surface area contributed by atoms with Crippen molar-refractivity contribution in [2.75, 3.05) is 6.61 Å². The molecule has 0 saturated carbocycles. The van der Waals surface area contributed by atoms with Crippen molar-refractivity contribution in [3.05, 3.63) is 36.4 Å². The number of aliphatic hydroxyl groups excluding tert-OH is 1. The number of hydrogen-bond donors (Lipinski definition) is 1. The predicted molar refractivity (Wildman–Crippen MR) is 38.0 cm³/mol. The van der Waals surface area contributed by atoms with Gasteiger partial charge in [-0.2, -0.15) is 36.4 Å². The van der Waals surface area contributed by atoms with Crippen LogP contribution in [-0.4, -0.2) is 11.7 Å². The van der Waals surface area contributed by atoms with Gasteiger partial charge in [0.05, 0.1) is 0 Å². The van der Waals surface area contributed by atoms with E-state index in [9.17, 15) is 0 Å². The van der Waals surface area contributed by atoms with Gasteiger partial charge in [-0.05, 0) is 6.92 Å². The molecule has 10 heavy (non-hydrogen) atoms. The summed E-state index contributed by atoms with van der Waals surface area (Å²) < 4.78 is 0. The summed E-state index contributed by atoms with van der Waals surface area (Å²) >= 11 is 0. The Balaban J connectivity index is 0. The molecule has 0 amide bonds. The molecule has 0 heterocycles. The van der Waals surface area contributed by atoms with E-state index in [0.29, 0.717) is 0 Å². The first-order valence-electron chi connectivity index (χ1n) is 2.93. The van der Waals surface area contributed by atoms with Crippen LogP contribution < -0.4 is 0 Å². The second kappa shape index (κ2) is 11.8. The predicted octanol–water partition coefficient (Wildman–Crippen LogP) is 1.48. The van der Waals surface area contributed by atoms with Crippen molar-refractivity contribution in [1.82, 2.24) is 0 Å². The molecule has 0 spiro atoms. The van der Waals surface area contributed by atoms with Crippen molar-refractivity contribution >= 4 is 0 Å². The summed E-state index contributed by atoms with van der Waals surface area (Å²) in [6, 6.07) is 12.5. The van der Waals surface area contributed by atoms with E-state index >= 15 is 0 Å². The van der Waals surface area contributed by atoms with Crippen LogP contribution in [0.2, 0.25) is 0 Å². The molecule has 1 rings (SSSR count). The molecule has 54 valence electrons. The molecule has 1 nitrogen and oxygen atoms in total. The van der Waals surface area contributed by atoms with Crippen LogP contribution in [0, 0.1) is 6.07 Å². The van der Waals surface area contributed by atoms with Crippen LogP contribution >= 0.6 is 0 Å². The first-order valence-corrected chi connectivity index (χ1v) is 2.93. The van der Waals surface area contributed by atoms with Gasteiger partial charge < -0.3 is 5.11 Å². The minimum atomic E-state index is 0. The molecule has 0 saturated heterocycles. The number of benzene rings is 1. The van der Waals surface area contributed by atoms with E-state index in [2.05, 4.69) is 6.07 Å². The first-order chi connectivity index (χ1) is 4.41. The molecule has 0 aliphatic carbocycles. The maximum absolute atomic E-state index is 7.57. The monoisotopic (exact) mass is 213 g/mol. The summed E-state index contributed by atoms with van der Waals surface area (Å²) in [5.74, 6) is 0. The van der Waals surface area contributed by atoms with Crippen molar-refractivity contribution in [2.45, 2.75) is 6.92 Å². The van der Waals surface area contributed by atoms with Gasteiger partial charge in [0.25, 0.3) is 0 Å². The summed E-state index contributed by atoms with van der Waals surface area (Å²) in [6.07, 6.45) is 0. The van der Waals surface area contributed by atoms with Crippen LogP contribution in [0.5, 0.6) is 0 Å². The van der Waals surface area contributed by atoms with E-state index in [0.717, 1.165) is 0 Å². The zero-order valence-electron chi connectivity index (χ0n) is 6.04. The molecular formula is C8H11OZr-. The smallest absolute Gasteiger partial charge is 0.0402 e. The average molecular weight is 214 g/mol. The van der Waals surface area contributed by atoms with E-state index in [1.165, 1.54) is 0 Å². The molecule has 2 heteroatoms. The van der Waals surface area contributed by atoms with Crippen molar-refractivity contribution < 1.29 is 31.3 Å². The van der Waals surface area contributed by atoms with Crippen molar-refractivity contribution in [3.8, 4) is 0 Å². The summed E-state index contributed by atoms with van der Waals surface area (Å²) in [4.78, 5) is 0. The Morgan fingerprint density at radius 3 is 1.70 bits per heavy atom. The molecule has 1 N–H and O–H groups in total. The van der Waals surface area contributed by atoms with Crippen molar-refractivity contribution in [2.24, 2.45) is 0 Å². The third-order valence-corrected chi connectivity index (χ3v) is 0.607. The maximum atomic E-state index is 7.57. The van der Waals surface area contributed by atoms with Gasteiger partial charge in [0, 0.05) is 32.8 Å². The molecule has 1 aromatic carbocycles. The van der Waals surface area contributed by atoms with Gasteiger partial charge in [0.1, 0.15) is 0 Å². The van der Waals surface area contributed by atoms with Crippen molar-refractivity contribution in [1.29, 1.82) is 0 Å². The fourth-order valence-corrected chi connectivity index (χ4v) is 0.342. The van der Waals surface area contributed by atoms with E-state index in [4.69, 9.17) is 5.11 Å². The maximum Gasteiger partial charge on any atom is 0.0402 e. The summed E-state index contributed by atoms with van der Waals surface area (Å²) in [5, 5.41) is 7.57. The van der Waals surface area contributed by atoms with Crippen LogP contribution in [0.1, 0.15) is 6.92 Å². The Kier molecular flexibility index (Phi) is 15.0. The van der Waals surface area contributed by atoms with Gasteiger partial charge in [-0.3, -0.25) is 0 Å². The van der Waals surface area contributed by atoms with E-state index in [-0.39, 0.29) is 32.8 Å². The van der Waals surface area contributed by atoms with Crippen LogP contribution in [0.3, 0.4) is 0 Å². The van der Waals surface area contributed by atoms with Gasteiger partial charge in [0.2, 0.25) is 0 Å². The molecule has 0 aromatic heterocycles. The Labute approximate surface area is 81.2 Å². The van der Waals surface area contributed by atoms with Crippen LogP contribution in [0.15, 0.2) is 30.3 Å². The Bertz CT molecular complexity index is 92.1. The molecular weight excluding hydrogens is 203 g/mol. The number of hydrogen-bond acceptors (Lipinski definition) is 1.